The highest BCUT2D eigenvalue weighted by Gasteiger charge is 2.44. The number of rotatable bonds is 4. The number of aromatic amines is 1. The number of hydrogen-bond acceptors (Lipinski definition) is 5. The summed E-state index contributed by atoms with van der Waals surface area (Å²) in [6.45, 7) is 1.36. The molecule has 2 aromatic rings. The minimum atomic E-state index is -0.551. The van der Waals surface area contributed by atoms with Gasteiger partial charge >= 0.3 is 0 Å². The predicted molar refractivity (Wildman–Crippen MR) is 94.1 cm³/mol. The quantitative estimate of drug-likeness (QED) is 0.870. The van der Waals surface area contributed by atoms with Crippen LogP contribution in [-0.4, -0.2) is 58.5 Å². The molecule has 1 saturated heterocycles. The molecule has 0 unspecified atom stereocenters. The van der Waals surface area contributed by atoms with Gasteiger partial charge in [0.05, 0.1) is 25.0 Å². The summed E-state index contributed by atoms with van der Waals surface area (Å²) >= 11 is 0. The van der Waals surface area contributed by atoms with Gasteiger partial charge in [-0.05, 0) is 36.8 Å². The van der Waals surface area contributed by atoms with Crippen LogP contribution >= 0.6 is 0 Å². The van der Waals surface area contributed by atoms with Crippen LogP contribution in [0.5, 0.6) is 11.5 Å². The van der Waals surface area contributed by atoms with E-state index in [1.807, 2.05) is 29.2 Å². The van der Waals surface area contributed by atoms with E-state index < -0.39 is 6.10 Å². The highest BCUT2D eigenvalue weighted by Crippen LogP contribution is 2.39. The number of carbonyl (C=O) groups excluding carboxylic acids is 1. The Kier molecular flexibility index (Phi) is 4.55. The monoisotopic (exact) mass is 357 g/mol. The Labute approximate surface area is 151 Å². The molecule has 2 N–H and O–H groups in total. The van der Waals surface area contributed by atoms with Crippen LogP contribution in [0.15, 0.2) is 36.7 Å². The van der Waals surface area contributed by atoms with Crippen molar-refractivity contribution in [2.24, 2.45) is 11.8 Å². The number of fused-ring (bicyclic) bond motifs is 1. The van der Waals surface area contributed by atoms with Crippen LogP contribution in [0.3, 0.4) is 0 Å². The number of amides is 1. The van der Waals surface area contributed by atoms with Gasteiger partial charge in [0.25, 0.3) is 5.91 Å². The van der Waals surface area contributed by atoms with E-state index in [1.165, 1.54) is 0 Å². The van der Waals surface area contributed by atoms with E-state index in [2.05, 4.69) is 10.2 Å². The minimum absolute atomic E-state index is 0.00941. The second-order valence-corrected chi connectivity index (χ2v) is 7.06. The van der Waals surface area contributed by atoms with Crippen LogP contribution in [0.1, 0.15) is 23.2 Å². The van der Waals surface area contributed by atoms with Crippen LogP contribution in [0, 0.1) is 11.8 Å². The summed E-state index contributed by atoms with van der Waals surface area (Å²) in [7, 11) is 1.60. The van der Waals surface area contributed by atoms with E-state index in [0.29, 0.717) is 48.4 Å². The minimum Gasteiger partial charge on any atom is -0.493 e. The van der Waals surface area contributed by atoms with Crippen LogP contribution < -0.4 is 9.47 Å². The normalized spacial score (nSPS) is 27.8. The molecule has 1 aliphatic heterocycles. The van der Waals surface area contributed by atoms with Crippen molar-refractivity contribution in [1.29, 1.82) is 0 Å². The fraction of sp³-hybridized carbons (Fsp3) is 0.474. The predicted octanol–water partition coefficient (Wildman–Crippen LogP) is 1.71. The Morgan fingerprint density at radius 3 is 2.65 bits per heavy atom. The number of H-pyrrole nitrogens is 1. The van der Waals surface area contributed by atoms with Crippen LogP contribution in [0.25, 0.3) is 0 Å². The number of benzene rings is 1. The number of nitrogens with zero attached hydrogens (tertiary/aromatic N) is 2. The van der Waals surface area contributed by atoms with Gasteiger partial charge in [-0.15, -0.1) is 0 Å². The molecule has 7 nitrogen and oxygen atoms in total. The number of hydrogen-bond donors (Lipinski definition) is 2. The lowest BCUT2D eigenvalue weighted by Crippen LogP contribution is -2.42. The van der Waals surface area contributed by atoms with Crippen LogP contribution in [0.4, 0.5) is 0 Å². The lowest BCUT2D eigenvalue weighted by atomic mass is 9.78. The average molecular weight is 357 g/mol. The van der Waals surface area contributed by atoms with E-state index in [0.717, 1.165) is 6.42 Å². The molecule has 1 aliphatic carbocycles. The van der Waals surface area contributed by atoms with Crippen LogP contribution in [0.2, 0.25) is 0 Å². The summed E-state index contributed by atoms with van der Waals surface area (Å²) in [6, 6.07) is 7.46. The first-order valence-corrected chi connectivity index (χ1v) is 8.91. The van der Waals surface area contributed by atoms with Crippen molar-refractivity contribution < 1.29 is 19.4 Å². The highest BCUT2D eigenvalue weighted by atomic mass is 16.5. The number of carbonyl (C=O) groups is 1. The van der Waals surface area contributed by atoms with Gasteiger partial charge in [-0.2, -0.15) is 5.10 Å². The van der Waals surface area contributed by atoms with Crippen molar-refractivity contribution in [3.05, 3.63) is 42.2 Å². The van der Waals surface area contributed by atoms with Crippen molar-refractivity contribution in [3.8, 4) is 11.5 Å². The van der Waals surface area contributed by atoms with Crippen molar-refractivity contribution in [2.45, 2.75) is 25.0 Å². The first-order chi connectivity index (χ1) is 12.7. The Hall–Kier alpha value is -2.54. The maximum absolute atomic E-state index is 12.5. The Morgan fingerprint density at radius 1 is 1.23 bits per heavy atom. The summed E-state index contributed by atoms with van der Waals surface area (Å²) in [4.78, 5) is 14.4. The summed E-state index contributed by atoms with van der Waals surface area (Å²) < 4.78 is 11.4. The third kappa shape index (κ3) is 3.14. The smallest absolute Gasteiger partial charge is 0.257 e. The first-order valence-electron chi connectivity index (χ1n) is 8.91. The molecule has 1 saturated carbocycles. The second-order valence-electron chi connectivity index (χ2n) is 7.06. The van der Waals surface area contributed by atoms with E-state index in [4.69, 9.17) is 9.47 Å². The third-order valence-corrected chi connectivity index (χ3v) is 5.46. The van der Waals surface area contributed by atoms with Crippen molar-refractivity contribution >= 4 is 5.91 Å². The molecular weight excluding hydrogens is 334 g/mol. The molecule has 138 valence electrons. The van der Waals surface area contributed by atoms with Gasteiger partial charge in [0.15, 0.2) is 11.5 Å². The van der Waals surface area contributed by atoms with Gasteiger partial charge < -0.3 is 19.5 Å². The van der Waals surface area contributed by atoms with E-state index in [9.17, 15) is 9.90 Å². The first kappa shape index (κ1) is 16.9. The molecule has 4 rings (SSSR count). The Morgan fingerprint density at radius 2 is 1.96 bits per heavy atom. The number of aliphatic hydroxyl groups is 1. The molecule has 0 radical (unpaired) electrons. The number of para-hydroxylation sites is 2. The SMILES string of the molecule is COc1ccccc1O[C@@H]1C[C@@H]2CN(C(=O)c3cn[nH]c3)C[C@@H]2C[C@H]1O. The van der Waals surface area contributed by atoms with Crippen molar-refractivity contribution in [1.82, 2.24) is 15.1 Å². The van der Waals surface area contributed by atoms with Gasteiger partial charge in [0.1, 0.15) is 6.10 Å². The molecule has 1 amide bonds. The second kappa shape index (κ2) is 6.99. The van der Waals surface area contributed by atoms with Gasteiger partial charge in [-0.1, -0.05) is 12.1 Å². The molecule has 0 spiro atoms. The molecule has 7 heteroatoms. The number of nitrogens with one attached hydrogen (secondary N) is 1. The van der Waals surface area contributed by atoms with E-state index in [1.54, 1.807) is 19.5 Å². The zero-order valence-corrected chi connectivity index (χ0v) is 14.7. The molecular formula is C19H23N3O4. The number of likely N-dealkylation sites (tertiary alicyclic amines) is 1. The molecule has 2 heterocycles. The fourth-order valence-electron chi connectivity index (χ4n) is 4.11. The molecule has 2 fully saturated rings. The lowest BCUT2D eigenvalue weighted by molar-refractivity contribution is -0.0240. The summed E-state index contributed by atoms with van der Waals surface area (Å²) in [5, 5.41) is 17.1. The molecule has 1 aromatic heterocycles. The summed E-state index contributed by atoms with van der Waals surface area (Å²) in [5.41, 5.74) is 0.575. The maximum atomic E-state index is 12.5. The number of aromatic nitrogens is 2. The van der Waals surface area contributed by atoms with Gasteiger partial charge in [-0.3, -0.25) is 9.89 Å². The third-order valence-electron chi connectivity index (χ3n) is 5.46. The topological polar surface area (TPSA) is 87.7 Å². The average Bonchev–Trinajstić information content (AvgIpc) is 3.31. The molecule has 4 atom stereocenters. The highest BCUT2D eigenvalue weighted by molar-refractivity contribution is 5.93. The van der Waals surface area contributed by atoms with Crippen LogP contribution in [-0.2, 0) is 0 Å². The Balaban J connectivity index is 1.44. The van der Waals surface area contributed by atoms with Gasteiger partial charge in [-0.25, -0.2) is 0 Å². The van der Waals surface area contributed by atoms with Gasteiger partial charge in [0.2, 0.25) is 0 Å². The zero-order chi connectivity index (χ0) is 18.1. The zero-order valence-electron chi connectivity index (χ0n) is 14.7. The molecule has 1 aromatic carbocycles. The fourth-order valence-corrected chi connectivity index (χ4v) is 4.11. The molecule has 0 bridgehead atoms. The number of aliphatic hydroxyl groups excluding tert-OH is 1. The lowest BCUT2D eigenvalue weighted by Gasteiger charge is -2.35. The summed E-state index contributed by atoms with van der Waals surface area (Å²) in [6.07, 6.45) is 3.68. The summed E-state index contributed by atoms with van der Waals surface area (Å²) in [5.74, 6) is 1.92. The van der Waals surface area contributed by atoms with E-state index in [-0.39, 0.29) is 12.0 Å². The Bertz CT molecular complexity index is 764. The standard InChI is InChI=1S/C19H23N3O4/c1-25-16-4-2-3-5-17(16)26-18-7-13-11-22(10-12(13)6-15(18)23)19(24)14-8-20-21-9-14/h2-5,8-9,12-13,15,18,23H,6-7,10-11H2,1H3,(H,20,21)/t12-,13+,15+,18+/m0/s1. The maximum Gasteiger partial charge on any atom is 0.257 e. The van der Waals surface area contributed by atoms with Crippen molar-refractivity contribution in [2.75, 3.05) is 20.2 Å². The van der Waals surface area contributed by atoms with Crippen molar-refractivity contribution in [3.63, 3.8) is 0 Å². The number of methoxy groups -OCH3 is 1. The number of ether oxygens (including phenoxy) is 2. The van der Waals surface area contributed by atoms with E-state index >= 15 is 0 Å². The van der Waals surface area contributed by atoms with Gasteiger partial charge in [0, 0.05) is 19.3 Å². The molecule has 2 aliphatic rings. The largest absolute Gasteiger partial charge is 0.493 e. The molecule has 26 heavy (non-hydrogen) atoms.